The van der Waals surface area contributed by atoms with Crippen molar-refractivity contribution in [2.75, 3.05) is 26.2 Å². The second-order valence-corrected chi connectivity index (χ2v) is 5.82. The van der Waals surface area contributed by atoms with Crippen LogP contribution < -0.4 is 5.32 Å². The molecule has 0 saturated carbocycles. The van der Waals surface area contributed by atoms with Gasteiger partial charge in [0.15, 0.2) is 0 Å². The van der Waals surface area contributed by atoms with Crippen molar-refractivity contribution in [3.05, 3.63) is 0 Å². The Morgan fingerprint density at radius 2 is 1.81 bits per heavy atom. The molecule has 2 nitrogen and oxygen atoms in total. The Kier molecular flexibility index (Phi) is 6.37. The van der Waals surface area contributed by atoms with Crippen LogP contribution in [0.5, 0.6) is 0 Å². The van der Waals surface area contributed by atoms with Crippen molar-refractivity contribution in [1.82, 2.24) is 10.2 Å². The normalized spacial score (nSPS) is 21.6. The molecule has 0 radical (unpaired) electrons. The summed E-state index contributed by atoms with van der Waals surface area (Å²) in [5.41, 5.74) is 0. The highest BCUT2D eigenvalue weighted by molar-refractivity contribution is 4.75. The fraction of sp³-hybridized carbons (Fsp3) is 1.00. The van der Waals surface area contributed by atoms with Gasteiger partial charge in [-0.25, -0.2) is 0 Å². The Morgan fingerprint density at radius 1 is 1.19 bits per heavy atom. The van der Waals surface area contributed by atoms with Crippen LogP contribution in [0.1, 0.15) is 47.0 Å². The first-order valence-electron chi connectivity index (χ1n) is 7.07. The third kappa shape index (κ3) is 5.31. The fourth-order valence-electron chi connectivity index (χ4n) is 2.35. The van der Waals surface area contributed by atoms with Crippen LogP contribution in [-0.2, 0) is 0 Å². The quantitative estimate of drug-likeness (QED) is 0.749. The lowest BCUT2D eigenvalue weighted by Crippen LogP contribution is -2.40. The van der Waals surface area contributed by atoms with E-state index >= 15 is 0 Å². The SMILES string of the molecule is CCC(C)CN1CCC(CNC(C)C)CC1. The highest BCUT2D eigenvalue weighted by Crippen LogP contribution is 2.18. The number of hydrogen-bond acceptors (Lipinski definition) is 2. The van der Waals surface area contributed by atoms with Gasteiger partial charge in [0.2, 0.25) is 0 Å². The van der Waals surface area contributed by atoms with E-state index in [1.165, 1.54) is 45.4 Å². The molecule has 0 spiro atoms. The van der Waals surface area contributed by atoms with E-state index in [-0.39, 0.29) is 0 Å². The van der Waals surface area contributed by atoms with Crippen molar-refractivity contribution in [2.24, 2.45) is 11.8 Å². The Hall–Kier alpha value is -0.0800. The molecule has 1 N–H and O–H groups in total. The standard InChI is InChI=1S/C14H30N2/c1-5-13(4)11-16-8-6-14(7-9-16)10-15-12(2)3/h12-15H,5-11H2,1-4H3. The molecule has 1 heterocycles. The predicted molar refractivity (Wildman–Crippen MR) is 71.8 cm³/mol. The summed E-state index contributed by atoms with van der Waals surface area (Å²) in [5, 5.41) is 3.56. The van der Waals surface area contributed by atoms with Crippen molar-refractivity contribution in [3.63, 3.8) is 0 Å². The van der Waals surface area contributed by atoms with Crippen molar-refractivity contribution >= 4 is 0 Å². The van der Waals surface area contributed by atoms with Crippen LogP contribution in [0.25, 0.3) is 0 Å². The Labute approximate surface area is 102 Å². The Bertz CT molecular complexity index is 172. The molecule has 0 aromatic heterocycles. The molecule has 1 aliphatic heterocycles. The fourth-order valence-corrected chi connectivity index (χ4v) is 2.35. The molecule has 2 heteroatoms. The van der Waals surface area contributed by atoms with Crippen LogP contribution in [0.4, 0.5) is 0 Å². The molecular weight excluding hydrogens is 196 g/mol. The molecule has 1 saturated heterocycles. The van der Waals surface area contributed by atoms with E-state index in [0.717, 1.165) is 11.8 Å². The first kappa shape index (κ1) is 14.0. The van der Waals surface area contributed by atoms with E-state index in [2.05, 4.69) is 37.9 Å². The van der Waals surface area contributed by atoms with Crippen LogP contribution in [0.2, 0.25) is 0 Å². The van der Waals surface area contributed by atoms with Gasteiger partial charge in [0.1, 0.15) is 0 Å². The van der Waals surface area contributed by atoms with Crippen molar-refractivity contribution in [1.29, 1.82) is 0 Å². The van der Waals surface area contributed by atoms with Crippen molar-refractivity contribution < 1.29 is 0 Å². The van der Waals surface area contributed by atoms with E-state index in [4.69, 9.17) is 0 Å². The molecule has 0 aliphatic carbocycles. The molecular formula is C14H30N2. The molecule has 0 bridgehead atoms. The number of nitrogens with one attached hydrogen (secondary N) is 1. The summed E-state index contributed by atoms with van der Waals surface area (Å²) in [6.07, 6.45) is 4.08. The number of likely N-dealkylation sites (tertiary alicyclic amines) is 1. The third-order valence-electron chi connectivity index (χ3n) is 3.79. The van der Waals surface area contributed by atoms with Gasteiger partial charge in [-0.15, -0.1) is 0 Å². The zero-order valence-electron chi connectivity index (χ0n) is 11.6. The zero-order chi connectivity index (χ0) is 12.0. The smallest absolute Gasteiger partial charge is 0.00104 e. The second kappa shape index (κ2) is 7.29. The van der Waals surface area contributed by atoms with E-state index in [0.29, 0.717) is 6.04 Å². The zero-order valence-corrected chi connectivity index (χ0v) is 11.6. The number of nitrogens with zero attached hydrogens (tertiary/aromatic N) is 1. The van der Waals surface area contributed by atoms with Crippen molar-refractivity contribution in [2.45, 2.75) is 53.0 Å². The molecule has 1 rings (SSSR count). The van der Waals surface area contributed by atoms with Gasteiger partial charge in [0.05, 0.1) is 0 Å². The summed E-state index contributed by atoms with van der Waals surface area (Å²) in [7, 11) is 0. The van der Waals surface area contributed by atoms with Crippen LogP contribution in [-0.4, -0.2) is 37.1 Å². The molecule has 1 atom stereocenters. The van der Waals surface area contributed by atoms with Crippen LogP contribution in [0.3, 0.4) is 0 Å². The lowest BCUT2D eigenvalue weighted by Gasteiger charge is -2.33. The van der Waals surface area contributed by atoms with E-state index < -0.39 is 0 Å². The molecule has 96 valence electrons. The first-order valence-corrected chi connectivity index (χ1v) is 7.07. The molecule has 1 unspecified atom stereocenters. The van der Waals surface area contributed by atoms with Gasteiger partial charge < -0.3 is 10.2 Å². The molecule has 0 amide bonds. The average Bonchev–Trinajstić information content (AvgIpc) is 2.28. The first-order chi connectivity index (χ1) is 7.61. The minimum absolute atomic E-state index is 0.637. The average molecular weight is 226 g/mol. The summed E-state index contributed by atoms with van der Waals surface area (Å²) in [6, 6.07) is 0.637. The summed E-state index contributed by atoms with van der Waals surface area (Å²) in [5.74, 6) is 1.78. The van der Waals surface area contributed by atoms with Gasteiger partial charge in [0.25, 0.3) is 0 Å². The largest absolute Gasteiger partial charge is 0.314 e. The minimum Gasteiger partial charge on any atom is -0.314 e. The topological polar surface area (TPSA) is 15.3 Å². The monoisotopic (exact) mass is 226 g/mol. The van der Waals surface area contributed by atoms with Crippen LogP contribution in [0, 0.1) is 11.8 Å². The molecule has 0 aromatic rings. The lowest BCUT2D eigenvalue weighted by atomic mass is 9.95. The van der Waals surface area contributed by atoms with Gasteiger partial charge in [-0.2, -0.15) is 0 Å². The van der Waals surface area contributed by atoms with Gasteiger partial charge in [-0.3, -0.25) is 0 Å². The summed E-state index contributed by atoms with van der Waals surface area (Å²) >= 11 is 0. The third-order valence-corrected chi connectivity index (χ3v) is 3.79. The minimum atomic E-state index is 0.637. The summed E-state index contributed by atoms with van der Waals surface area (Å²) < 4.78 is 0. The highest BCUT2D eigenvalue weighted by Gasteiger charge is 2.19. The second-order valence-electron chi connectivity index (χ2n) is 5.82. The van der Waals surface area contributed by atoms with Crippen molar-refractivity contribution in [3.8, 4) is 0 Å². The predicted octanol–water partition coefficient (Wildman–Crippen LogP) is 2.74. The Balaban J connectivity index is 2.13. The highest BCUT2D eigenvalue weighted by atomic mass is 15.1. The van der Waals surface area contributed by atoms with Crippen LogP contribution >= 0.6 is 0 Å². The number of hydrogen-bond donors (Lipinski definition) is 1. The Morgan fingerprint density at radius 3 is 2.31 bits per heavy atom. The summed E-state index contributed by atoms with van der Waals surface area (Å²) in [6.45, 7) is 14.3. The maximum Gasteiger partial charge on any atom is 0.00104 e. The van der Waals surface area contributed by atoms with E-state index in [1.54, 1.807) is 0 Å². The van der Waals surface area contributed by atoms with E-state index in [9.17, 15) is 0 Å². The number of rotatable bonds is 6. The molecule has 16 heavy (non-hydrogen) atoms. The summed E-state index contributed by atoms with van der Waals surface area (Å²) in [4.78, 5) is 2.65. The molecule has 0 aromatic carbocycles. The van der Waals surface area contributed by atoms with Gasteiger partial charge in [-0.1, -0.05) is 34.1 Å². The van der Waals surface area contributed by atoms with Crippen LogP contribution in [0.15, 0.2) is 0 Å². The number of piperidine rings is 1. The molecule has 1 aliphatic rings. The lowest BCUT2D eigenvalue weighted by molar-refractivity contribution is 0.160. The van der Waals surface area contributed by atoms with Gasteiger partial charge >= 0.3 is 0 Å². The maximum absolute atomic E-state index is 3.56. The maximum atomic E-state index is 3.56. The molecule has 1 fully saturated rings. The van der Waals surface area contributed by atoms with E-state index in [1.807, 2.05) is 0 Å². The van der Waals surface area contributed by atoms with Gasteiger partial charge in [-0.05, 0) is 44.3 Å². The van der Waals surface area contributed by atoms with Gasteiger partial charge in [0, 0.05) is 12.6 Å².